The van der Waals surface area contributed by atoms with Crippen molar-refractivity contribution in [1.82, 2.24) is 9.88 Å². The summed E-state index contributed by atoms with van der Waals surface area (Å²) in [6, 6.07) is 12.1. The van der Waals surface area contributed by atoms with Crippen LogP contribution in [0, 0.1) is 10.1 Å². The van der Waals surface area contributed by atoms with Gasteiger partial charge in [0.2, 0.25) is 0 Å². The van der Waals surface area contributed by atoms with E-state index in [-0.39, 0.29) is 5.69 Å². The summed E-state index contributed by atoms with van der Waals surface area (Å²) in [5.41, 5.74) is 1.80. The molecule has 6 nitrogen and oxygen atoms in total. The van der Waals surface area contributed by atoms with Crippen LogP contribution in [-0.2, 0) is 6.54 Å². The second kappa shape index (κ2) is 6.57. The lowest BCUT2D eigenvalue weighted by Gasteiger charge is -2.17. The molecule has 0 unspecified atom stereocenters. The maximum Gasteiger partial charge on any atom is 0.269 e. The van der Waals surface area contributed by atoms with Crippen molar-refractivity contribution in [3.05, 3.63) is 64.5 Å². The van der Waals surface area contributed by atoms with Gasteiger partial charge in [-0.15, -0.1) is 0 Å². The molecule has 0 radical (unpaired) electrons. The molecule has 22 heavy (non-hydrogen) atoms. The Hall–Kier alpha value is -2.41. The highest BCUT2D eigenvalue weighted by Gasteiger charge is 2.20. The highest BCUT2D eigenvalue weighted by molar-refractivity contribution is 8.14. The molecule has 2 aromatic rings. The zero-order chi connectivity index (χ0) is 15.4. The Bertz CT molecular complexity index is 688. The Balaban J connectivity index is 1.76. The van der Waals surface area contributed by atoms with E-state index in [9.17, 15) is 10.1 Å². The monoisotopic (exact) mass is 314 g/mol. The van der Waals surface area contributed by atoms with E-state index in [1.807, 2.05) is 18.2 Å². The number of benzene rings is 1. The molecule has 0 saturated carbocycles. The number of non-ortho nitro benzene ring substituents is 1. The molecule has 112 valence electrons. The van der Waals surface area contributed by atoms with Gasteiger partial charge in [-0.05, 0) is 24.3 Å². The molecule has 1 aliphatic rings. The Morgan fingerprint density at radius 2 is 2.09 bits per heavy atom. The Morgan fingerprint density at radius 1 is 1.27 bits per heavy atom. The van der Waals surface area contributed by atoms with Crippen LogP contribution in [0.3, 0.4) is 0 Å². The molecule has 1 saturated heterocycles. The van der Waals surface area contributed by atoms with Gasteiger partial charge in [-0.3, -0.25) is 15.1 Å². The quantitative estimate of drug-likeness (QED) is 0.640. The van der Waals surface area contributed by atoms with Crippen molar-refractivity contribution in [1.29, 1.82) is 0 Å². The average Bonchev–Trinajstić information content (AvgIpc) is 2.96. The minimum absolute atomic E-state index is 0.0772. The molecule has 0 bridgehead atoms. The second-order valence-corrected chi connectivity index (χ2v) is 5.82. The summed E-state index contributed by atoms with van der Waals surface area (Å²) in [6.07, 6.45) is 1.78. The van der Waals surface area contributed by atoms with E-state index in [0.29, 0.717) is 0 Å². The van der Waals surface area contributed by atoms with Gasteiger partial charge in [-0.25, -0.2) is 4.99 Å². The van der Waals surface area contributed by atoms with Crippen molar-refractivity contribution in [2.24, 2.45) is 4.99 Å². The van der Waals surface area contributed by atoms with Crippen LogP contribution in [-0.4, -0.2) is 32.3 Å². The second-order valence-electron chi connectivity index (χ2n) is 4.76. The number of pyridine rings is 1. The predicted molar refractivity (Wildman–Crippen MR) is 87.3 cm³/mol. The molecule has 1 aliphatic heterocycles. The molecule has 1 fully saturated rings. The molecular formula is C15H14N4O2S. The Morgan fingerprint density at radius 3 is 2.77 bits per heavy atom. The van der Waals surface area contributed by atoms with Crippen LogP contribution in [0.1, 0.15) is 5.69 Å². The van der Waals surface area contributed by atoms with Crippen LogP contribution in [0.25, 0.3) is 0 Å². The van der Waals surface area contributed by atoms with Gasteiger partial charge in [0.1, 0.15) is 0 Å². The number of hydrogen-bond donors (Lipinski definition) is 0. The molecular weight excluding hydrogens is 300 g/mol. The van der Waals surface area contributed by atoms with E-state index in [0.717, 1.165) is 35.4 Å². The number of nitro benzene ring substituents is 1. The maximum absolute atomic E-state index is 10.7. The first-order chi connectivity index (χ1) is 10.7. The number of aliphatic imine (C=N–C) groups is 1. The average molecular weight is 314 g/mol. The fourth-order valence-electron chi connectivity index (χ4n) is 2.13. The molecule has 2 heterocycles. The van der Waals surface area contributed by atoms with Crippen LogP contribution in [0.2, 0.25) is 0 Å². The largest absolute Gasteiger partial charge is 0.344 e. The van der Waals surface area contributed by atoms with Crippen LogP contribution < -0.4 is 0 Å². The first kappa shape index (κ1) is 14.5. The van der Waals surface area contributed by atoms with Crippen LogP contribution in [0.5, 0.6) is 0 Å². The van der Waals surface area contributed by atoms with Gasteiger partial charge in [-0.2, -0.15) is 0 Å². The van der Waals surface area contributed by atoms with E-state index >= 15 is 0 Å². The lowest BCUT2D eigenvalue weighted by atomic mass is 10.3. The maximum atomic E-state index is 10.7. The topological polar surface area (TPSA) is 71.6 Å². The van der Waals surface area contributed by atoms with Gasteiger partial charge in [-0.1, -0.05) is 17.8 Å². The highest BCUT2D eigenvalue weighted by Crippen LogP contribution is 2.25. The lowest BCUT2D eigenvalue weighted by molar-refractivity contribution is -0.384. The summed E-state index contributed by atoms with van der Waals surface area (Å²) >= 11 is 1.69. The van der Waals surface area contributed by atoms with Gasteiger partial charge in [0.15, 0.2) is 5.17 Å². The molecule has 0 aliphatic carbocycles. The number of hydrogen-bond acceptors (Lipinski definition) is 5. The van der Waals surface area contributed by atoms with E-state index in [1.165, 1.54) is 12.1 Å². The Kier molecular flexibility index (Phi) is 4.34. The highest BCUT2D eigenvalue weighted by atomic mass is 32.2. The first-order valence-corrected chi connectivity index (χ1v) is 7.82. The first-order valence-electron chi connectivity index (χ1n) is 6.83. The fraction of sp³-hybridized carbons (Fsp3) is 0.200. The predicted octanol–water partition coefficient (Wildman–Crippen LogP) is 3.23. The van der Waals surface area contributed by atoms with Gasteiger partial charge >= 0.3 is 0 Å². The molecule has 1 aromatic carbocycles. The molecule has 0 N–H and O–H groups in total. The standard InChI is InChI=1S/C15H14N4O2S/c20-19(21)14-6-4-12(5-7-14)17-15-18(9-10-22-15)11-13-3-1-2-8-16-13/h1-8H,9-11H2. The SMILES string of the molecule is O=[N+]([O-])c1ccc(N=C2SCCN2Cc2ccccn2)cc1. The van der Waals surface area contributed by atoms with E-state index in [1.54, 1.807) is 30.1 Å². The van der Waals surface area contributed by atoms with Crippen LogP contribution in [0.4, 0.5) is 11.4 Å². The zero-order valence-electron chi connectivity index (χ0n) is 11.8. The fourth-order valence-corrected chi connectivity index (χ4v) is 3.13. The number of amidine groups is 1. The number of thioether (sulfide) groups is 1. The van der Waals surface area contributed by atoms with Crippen LogP contribution >= 0.6 is 11.8 Å². The summed E-state index contributed by atoms with van der Waals surface area (Å²) in [6.45, 7) is 1.65. The summed E-state index contributed by atoms with van der Waals surface area (Å²) in [7, 11) is 0. The van der Waals surface area contributed by atoms with Crippen molar-refractivity contribution in [2.45, 2.75) is 6.54 Å². The third-order valence-corrected chi connectivity index (χ3v) is 4.22. The minimum atomic E-state index is -0.408. The van der Waals surface area contributed by atoms with Crippen molar-refractivity contribution in [2.75, 3.05) is 12.3 Å². The lowest BCUT2D eigenvalue weighted by Crippen LogP contribution is -2.24. The van der Waals surface area contributed by atoms with Gasteiger partial charge in [0.25, 0.3) is 5.69 Å². The summed E-state index contributed by atoms with van der Waals surface area (Å²) in [5, 5.41) is 11.6. The number of nitrogens with zero attached hydrogens (tertiary/aromatic N) is 4. The molecule has 7 heteroatoms. The molecule has 0 spiro atoms. The van der Waals surface area contributed by atoms with Crippen molar-refractivity contribution >= 4 is 28.3 Å². The third kappa shape index (κ3) is 3.43. The van der Waals surface area contributed by atoms with Crippen LogP contribution in [0.15, 0.2) is 53.7 Å². The molecule has 1 aromatic heterocycles. The summed E-state index contributed by atoms with van der Waals surface area (Å²) in [4.78, 5) is 21.4. The summed E-state index contributed by atoms with van der Waals surface area (Å²) in [5.74, 6) is 0.985. The number of rotatable bonds is 4. The Labute approximate surface area is 132 Å². The van der Waals surface area contributed by atoms with Gasteiger partial charge in [0.05, 0.1) is 22.8 Å². The number of nitro groups is 1. The van der Waals surface area contributed by atoms with E-state index in [4.69, 9.17) is 0 Å². The van der Waals surface area contributed by atoms with Crippen molar-refractivity contribution in [3.63, 3.8) is 0 Å². The van der Waals surface area contributed by atoms with Crippen molar-refractivity contribution in [3.8, 4) is 0 Å². The van der Waals surface area contributed by atoms with Gasteiger partial charge < -0.3 is 4.90 Å². The van der Waals surface area contributed by atoms with Gasteiger partial charge in [0, 0.05) is 30.6 Å². The third-order valence-electron chi connectivity index (χ3n) is 3.23. The normalized spacial score (nSPS) is 16.2. The summed E-state index contributed by atoms with van der Waals surface area (Å²) < 4.78 is 0. The van der Waals surface area contributed by atoms with E-state index < -0.39 is 4.92 Å². The minimum Gasteiger partial charge on any atom is -0.344 e. The molecule has 3 rings (SSSR count). The van der Waals surface area contributed by atoms with Crippen molar-refractivity contribution < 1.29 is 4.92 Å². The zero-order valence-corrected chi connectivity index (χ0v) is 12.6. The smallest absolute Gasteiger partial charge is 0.269 e. The number of aromatic nitrogens is 1. The van der Waals surface area contributed by atoms with E-state index in [2.05, 4.69) is 14.9 Å². The molecule has 0 atom stereocenters. The molecule has 0 amide bonds.